The molecule has 1 saturated heterocycles. The summed E-state index contributed by atoms with van der Waals surface area (Å²) in [5.41, 5.74) is 1.76. The predicted molar refractivity (Wildman–Crippen MR) is 90.8 cm³/mol. The van der Waals surface area contributed by atoms with Gasteiger partial charge in [-0.1, -0.05) is 37.3 Å². The van der Waals surface area contributed by atoms with Crippen molar-refractivity contribution in [3.63, 3.8) is 0 Å². The van der Waals surface area contributed by atoms with E-state index >= 15 is 0 Å². The van der Waals surface area contributed by atoms with Gasteiger partial charge in [0.1, 0.15) is 0 Å². The van der Waals surface area contributed by atoms with Crippen molar-refractivity contribution >= 4 is 9.84 Å². The summed E-state index contributed by atoms with van der Waals surface area (Å²) < 4.78 is 23.0. The first kappa shape index (κ1) is 16.0. The van der Waals surface area contributed by atoms with Gasteiger partial charge >= 0.3 is 0 Å². The van der Waals surface area contributed by atoms with Crippen molar-refractivity contribution < 1.29 is 8.42 Å². The van der Waals surface area contributed by atoms with Crippen molar-refractivity contribution in [1.82, 2.24) is 5.32 Å². The SMILES string of the molecule is CC1(c2ccccc2)CCC(NCC2CCS(=O)(=O)C2)CC1. The smallest absolute Gasteiger partial charge is 0.150 e. The zero-order valence-corrected chi connectivity index (χ0v) is 14.2. The third-order valence-corrected chi connectivity index (χ3v) is 7.42. The second-order valence-electron chi connectivity index (χ2n) is 7.38. The molecule has 0 spiro atoms. The molecule has 4 heteroatoms. The second-order valence-corrected chi connectivity index (χ2v) is 9.61. The molecule has 0 bridgehead atoms. The maximum Gasteiger partial charge on any atom is 0.150 e. The van der Waals surface area contributed by atoms with E-state index in [0.717, 1.165) is 13.0 Å². The number of sulfone groups is 1. The normalized spacial score (nSPS) is 34.6. The van der Waals surface area contributed by atoms with Gasteiger partial charge in [-0.25, -0.2) is 8.42 Å². The van der Waals surface area contributed by atoms with Gasteiger partial charge in [-0.2, -0.15) is 0 Å². The fraction of sp³-hybridized carbons (Fsp3) is 0.667. The molecule has 22 heavy (non-hydrogen) atoms. The quantitative estimate of drug-likeness (QED) is 0.927. The van der Waals surface area contributed by atoms with Crippen molar-refractivity contribution in [1.29, 1.82) is 0 Å². The minimum atomic E-state index is -2.74. The number of benzene rings is 1. The van der Waals surface area contributed by atoms with Gasteiger partial charge in [0, 0.05) is 6.04 Å². The number of nitrogens with one attached hydrogen (secondary N) is 1. The molecule has 0 amide bonds. The third kappa shape index (κ3) is 3.72. The van der Waals surface area contributed by atoms with Gasteiger partial charge in [0.05, 0.1) is 11.5 Å². The van der Waals surface area contributed by atoms with Gasteiger partial charge in [-0.05, 0) is 55.5 Å². The van der Waals surface area contributed by atoms with Crippen LogP contribution in [0.3, 0.4) is 0 Å². The molecule has 0 radical (unpaired) electrons. The maximum atomic E-state index is 11.5. The summed E-state index contributed by atoms with van der Waals surface area (Å²) >= 11 is 0. The molecule has 1 aromatic rings. The van der Waals surface area contributed by atoms with E-state index in [1.807, 2.05) is 0 Å². The summed E-state index contributed by atoms with van der Waals surface area (Å²) in [6.07, 6.45) is 5.62. The lowest BCUT2D eigenvalue weighted by molar-refractivity contribution is 0.258. The maximum absolute atomic E-state index is 11.5. The highest BCUT2D eigenvalue weighted by Gasteiger charge is 2.33. The molecule has 3 rings (SSSR count). The Hall–Kier alpha value is -0.870. The topological polar surface area (TPSA) is 46.2 Å². The highest BCUT2D eigenvalue weighted by molar-refractivity contribution is 7.91. The molecule has 122 valence electrons. The molecule has 2 fully saturated rings. The van der Waals surface area contributed by atoms with Crippen molar-refractivity contribution in [2.75, 3.05) is 18.1 Å². The second kappa shape index (κ2) is 6.32. The lowest BCUT2D eigenvalue weighted by Gasteiger charge is -2.38. The molecule has 0 aromatic heterocycles. The Labute approximate surface area is 134 Å². The highest BCUT2D eigenvalue weighted by atomic mass is 32.2. The molecule has 3 nitrogen and oxygen atoms in total. The summed E-state index contributed by atoms with van der Waals surface area (Å²) in [6, 6.07) is 11.4. The van der Waals surface area contributed by atoms with Crippen LogP contribution in [-0.2, 0) is 15.3 Å². The minimum absolute atomic E-state index is 0.302. The molecule has 1 aliphatic carbocycles. The Kier molecular flexibility index (Phi) is 4.60. The molecule has 1 saturated carbocycles. The highest BCUT2D eigenvalue weighted by Crippen LogP contribution is 2.39. The monoisotopic (exact) mass is 321 g/mol. The van der Waals surface area contributed by atoms with E-state index < -0.39 is 9.84 Å². The van der Waals surface area contributed by atoms with Gasteiger partial charge in [-0.15, -0.1) is 0 Å². The molecule has 1 heterocycles. The van der Waals surface area contributed by atoms with Crippen LogP contribution in [0.5, 0.6) is 0 Å². The number of hydrogen-bond acceptors (Lipinski definition) is 3. The molecule has 1 N–H and O–H groups in total. The van der Waals surface area contributed by atoms with E-state index in [0.29, 0.717) is 28.9 Å². The Morgan fingerprint density at radius 1 is 1.14 bits per heavy atom. The van der Waals surface area contributed by atoms with Crippen LogP contribution in [0.25, 0.3) is 0 Å². The molecule has 1 aromatic carbocycles. The van der Waals surface area contributed by atoms with Crippen LogP contribution in [0.4, 0.5) is 0 Å². The van der Waals surface area contributed by atoms with Gasteiger partial charge in [-0.3, -0.25) is 0 Å². The molecule has 1 atom stereocenters. The molecular formula is C18H27NO2S. The van der Waals surface area contributed by atoms with E-state index in [9.17, 15) is 8.42 Å². The van der Waals surface area contributed by atoms with E-state index in [2.05, 4.69) is 42.6 Å². The zero-order valence-electron chi connectivity index (χ0n) is 13.4. The molecule has 1 aliphatic heterocycles. The van der Waals surface area contributed by atoms with Crippen LogP contribution < -0.4 is 5.32 Å². The minimum Gasteiger partial charge on any atom is -0.314 e. The van der Waals surface area contributed by atoms with Crippen molar-refractivity contribution in [2.24, 2.45) is 5.92 Å². The average Bonchev–Trinajstić information content (AvgIpc) is 2.87. The standard InChI is InChI=1S/C18H27NO2S/c1-18(16-5-3-2-4-6-16)10-7-17(8-11-18)19-13-15-9-12-22(20,21)14-15/h2-6,15,17,19H,7-14H2,1H3. The first-order valence-electron chi connectivity index (χ1n) is 8.46. The van der Waals surface area contributed by atoms with Crippen LogP contribution in [0.2, 0.25) is 0 Å². The molecule has 1 unspecified atom stereocenters. The average molecular weight is 321 g/mol. The summed E-state index contributed by atoms with van der Waals surface area (Å²) in [5, 5.41) is 3.63. The summed E-state index contributed by atoms with van der Waals surface area (Å²) in [5.74, 6) is 1.09. The van der Waals surface area contributed by atoms with E-state index in [4.69, 9.17) is 0 Å². The van der Waals surface area contributed by atoms with Crippen LogP contribution in [0, 0.1) is 5.92 Å². The Balaban J connectivity index is 1.48. The lowest BCUT2D eigenvalue weighted by Crippen LogP contribution is -2.40. The van der Waals surface area contributed by atoms with Crippen molar-refractivity contribution in [3.05, 3.63) is 35.9 Å². The van der Waals surface area contributed by atoms with Gasteiger partial charge in [0.15, 0.2) is 9.84 Å². The van der Waals surface area contributed by atoms with Crippen LogP contribution in [0.1, 0.15) is 44.6 Å². The van der Waals surface area contributed by atoms with Crippen molar-refractivity contribution in [3.8, 4) is 0 Å². The van der Waals surface area contributed by atoms with E-state index in [-0.39, 0.29) is 0 Å². The Morgan fingerprint density at radius 3 is 2.41 bits per heavy atom. The molecular weight excluding hydrogens is 294 g/mol. The van der Waals surface area contributed by atoms with Gasteiger partial charge in [0.2, 0.25) is 0 Å². The van der Waals surface area contributed by atoms with Gasteiger partial charge < -0.3 is 5.32 Å². The first-order valence-corrected chi connectivity index (χ1v) is 10.3. The lowest BCUT2D eigenvalue weighted by atomic mass is 9.69. The third-order valence-electron chi connectivity index (χ3n) is 5.58. The number of hydrogen-bond donors (Lipinski definition) is 1. The van der Waals surface area contributed by atoms with Crippen LogP contribution >= 0.6 is 0 Å². The Morgan fingerprint density at radius 2 is 1.82 bits per heavy atom. The largest absolute Gasteiger partial charge is 0.314 e. The summed E-state index contributed by atoms with van der Waals surface area (Å²) in [6.45, 7) is 3.24. The first-order chi connectivity index (χ1) is 10.5. The van der Waals surface area contributed by atoms with Crippen LogP contribution in [0.15, 0.2) is 30.3 Å². The van der Waals surface area contributed by atoms with Gasteiger partial charge in [0.25, 0.3) is 0 Å². The summed E-state index contributed by atoms with van der Waals surface area (Å²) in [7, 11) is -2.74. The summed E-state index contributed by atoms with van der Waals surface area (Å²) in [4.78, 5) is 0. The predicted octanol–water partition coefficient (Wildman–Crippen LogP) is 2.91. The van der Waals surface area contributed by atoms with Crippen LogP contribution in [-0.4, -0.2) is 32.5 Å². The van der Waals surface area contributed by atoms with E-state index in [1.54, 1.807) is 0 Å². The number of rotatable bonds is 4. The van der Waals surface area contributed by atoms with E-state index in [1.165, 1.54) is 31.2 Å². The fourth-order valence-electron chi connectivity index (χ4n) is 3.95. The Bertz CT molecular complexity index is 589. The van der Waals surface area contributed by atoms with Crippen molar-refractivity contribution in [2.45, 2.75) is 50.5 Å². The fourth-order valence-corrected chi connectivity index (χ4v) is 5.82. The zero-order chi connectivity index (χ0) is 15.6. The molecule has 2 aliphatic rings.